The Morgan fingerprint density at radius 3 is 2.86 bits per heavy atom. The molecular formula is C10H11N3O. The van der Waals surface area contributed by atoms with Crippen LogP contribution < -0.4 is 0 Å². The number of carbonyl (C=O) groups excluding carboxylic acids is 1. The fourth-order valence-corrected chi connectivity index (χ4v) is 1.21. The molecule has 0 radical (unpaired) electrons. The van der Waals surface area contributed by atoms with Gasteiger partial charge in [-0.05, 0) is 12.0 Å². The van der Waals surface area contributed by atoms with Gasteiger partial charge in [0.15, 0.2) is 5.78 Å². The number of nitrogens with zero attached hydrogens (tertiary/aromatic N) is 3. The van der Waals surface area contributed by atoms with Crippen LogP contribution in [0.25, 0.3) is 10.4 Å². The number of carbonyl (C=O) groups is 1. The van der Waals surface area contributed by atoms with Crippen molar-refractivity contribution in [1.82, 2.24) is 0 Å². The first-order chi connectivity index (χ1) is 6.79. The summed E-state index contributed by atoms with van der Waals surface area (Å²) in [6, 6.07) is 6.83. The Labute approximate surface area is 82.2 Å². The molecule has 0 aliphatic carbocycles. The van der Waals surface area contributed by atoms with Crippen LogP contribution >= 0.6 is 0 Å². The van der Waals surface area contributed by atoms with E-state index in [2.05, 4.69) is 10.0 Å². The highest BCUT2D eigenvalue weighted by Crippen LogP contribution is 2.20. The van der Waals surface area contributed by atoms with Crippen molar-refractivity contribution in [3.8, 4) is 0 Å². The average Bonchev–Trinajstić information content (AvgIpc) is 2.19. The van der Waals surface area contributed by atoms with Crippen molar-refractivity contribution in [1.29, 1.82) is 0 Å². The molecule has 0 fully saturated rings. The Morgan fingerprint density at radius 2 is 2.21 bits per heavy atom. The summed E-state index contributed by atoms with van der Waals surface area (Å²) in [6.07, 6.45) is 1.28. The maximum atomic E-state index is 11.6. The zero-order valence-corrected chi connectivity index (χ0v) is 7.97. The van der Waals surface area contributed by atoms with Gasteiger partial charge in [0.25, 0.3) is 0 Å². The molecule has 0 aromatic heterocycles. The van der Waals surface area contributed by atoms with E-state index in [1.54, 1.807) is 24.3 Å². The summed E-state index contributed by atoms with van der Waals surface area (Å²) >= 11 is 0. The maximum Gasteiger partial charge on any atom is 0.163 e. The molecule has 0 spiro atoms. The van der Waals surface area contributed by atoms with Crippen molar-refractivity contribution in [3.05, 3.63) is 40.3 Å². The summed E-state index contributed by atoms with van der Waals surface area (Å²) < 4.78 is 0. The van der Waals surface area contributed by atoms with Crippen LogP contribution in [0.4, 0.5) is 5.69 Å². The molecule has 1 rings (SSSR count). The largest absolute Gasteiger partial charge is 0.294 e. The molecule has 1 aromatic rings. The van der Waals surface area contributed by atoms with Crippen LogP contribution in [0.1, 0.15) is 30.1 Å². The highest BCUT2D eigenvalue weighted by atomic mass is 16.1. The highest BCUT2D eigenvalue weighted by Gasteiger charge is 2.07. The molecular weight excluding hydrogens is 178 g/mol. The van der Waals surface area contributed by atoms with Gasteiger partial charge >= 0.3 is 0 Å². The second kappa shape index (κ2) is 5.04. The summed E-state index contributed by atoms with van der Waals surface area (Å²) in [5, 5.41) is 3.47. The summed E-state index contributed by atoms with van der Waals surface area (Å²) in [4.78, 5) is 14.2. The Morgan fingerprint density at radius 1 is 1.50 bits per heavy atom. The number of benzene rings is 1. The van der Waals surface area contributed by atoms with Crippen molar-refractivity contribution in [2.24, 2.45) is 5.11 Å². The molecule has 72 valence electrons. The number of rotatable bonds is 4. The molecule has 1 aromatic carbocycles. The Balaban J connectivity index is 3.06. The quantitative estimate of drug-likeness (QED) is 0.309. The summed E-state index contributed by atoms with van der Waals surface area (Å²) in [5.41, 5.74) is 9.22. The van der Waals surface area contributed by atoms with E-state index in [0.29, 0.717) is 17.7 Å². The van der Waals surface area contributed by atoms with Crippen LogP contribution in [0.2, 0.25) is 0 Å². The number of ketones is 1. The standard InChI is InChI=1S/C10H11N3O/c1-2-5-10(14)8-6-3-4-7-9(8)12-13-11/h3-4,6-7H,2,5H2,1H3. The molecule has 0 heterocycles. The third-order valence-electron chi connectivity index (χ3n) is 1.83. The van der Waals surface area contributed by atoms with Crippen LogP contribution in [-0.2, 0) is 0 Å². The summed E-state index contributed by atoms with van der Waals surface area (Å²) in [6.45, 7) is 1.94. The Hall–Kier alpha value is -1.80. The molecule has 0 aliphatic rings. The smallest absolute Gasteiger partial charge is 0.163 e. The van der Waals surface area contributed by atoms with E-state index in [4.69, 9.17) is 5.53 Å². The van der Waals surface area contributed by atoms with Crippen LogP contribution in [0.3, 0.4) is 0 Å². The zero-order chi connectivity index (χ0) is 10.4. The van der Waals surface area contributed by atoms with Crippen LogP contribution in [-0.4, -0.2) is 5.78 Å². The molecule has 0 atom stereocenters. The molecule has 0 unspecified atom stereocenters. The molecule has 4 nitrogen and oxygen atoms in total. The van der Waals surface area contributed by atoms with E-state index in [1.165, 1.54) is 0 Å². The molecule has 0 amide bonds. The number of azide groups is 1. The average molecular weight is 189 g/mol. The maximum absolute atomic E-state index is 11.6. The van der Waals surface area contributed by atoms with Gasteiger partial charge < -0.3 is 0 Å². The third kappa shape index (κ3) is 2.34. The lowest BCUT2D eigenvalue weighted by molar-refractivity contribution is 0.0982. The second-order valence-corrected chi connectivity index (χ2v) is 2.88. The topological polar surface area (TPSA) is 65.8 Å². The van der Waals surface area contributed by atoms with Crippen LogP contribution in [0.15, 0.2) is 29.4 Å². The first kappa shape index (κ1) is 10.3. The SMILES string of the molecule is CCCC(=O)c1ccccc1N=[N+]=[N-]. The lowest BCUT2D eigenvalue weighted by atomic mass is 10.1. The molecule has 0 saturated carbocycles. The van der Waals surface area contributed by atoms with Gasteiger partial charge in [0, 0.05) is 22.6 Å². The van der Waals surface area contributed by atoms with Crippen molar-refractivity contribution in [2.45, 2.75) is 19.8 Å². The summed E-state index contributed by atoms with van der Waals surface area (Å²) in [5.74, 6) is 0.0236. The first-order valence-electron chi connectivity index (χ1n) is 4.47. The van der Waals surface area contributed by atoms with Gasteiger partial charge in [0.1, 0.15) is 0 Å². The van der Waals surface area contributed by atoms with Gasteiger partial charge in [-0.2, -0.15) is 0 Å². The lowest BCUT2D eigenvalue weighted by Crippen LogP contribution is -1.97. The number of hydrogen-bond donors (Lipinski definition) is 0. The second-order valence-electron chi connectivity index (χ2n) is 2.88. The van der Waals surface area contributed by atoms with E-state index in [0.717, 1.165) is 6.42 Å². The van der Waals surface area contributed by atoms with Gasteiger partial charge in [0.2, 0.25) is 0 Å². The van der Waals surface area contributed by atoms with Gasteiger partial charge in [-0.25, -0.2) is 0 Å². The van der Waals surface area contributed by atoms with Crippen molar-refractivity contribution >= 4 is 11.5 Å². The van der Waals surface area contributed by atoms with E-state index in [9.17, 15) is 4.79 Å². The molecule has 14 heavy (non-hydrogen) atoms. The molecule has 4 heteroatoms. The molecule has 0 aliphatic heterocycles. The molecule has 0 bridgehead atoms. The van der Waals surface area contributed by atoms with Gasteiger partial charge in [-0.15, -0.1) is 0 Å². The van der Waals surface area contributed by atoms with Crippen molar-refractivity contribution in [2.75, 3.05) is 0 Å². The van der Waals surface area contributed by atoms with E-state index in [1.807, 2.05) is 6.92 Å². The highest BCUT2D eigenvalue weighted by molar-refractivity contribution is 6.00. The Kier molecular flexibility index (Phi) is 3.70. The fourth-order valence-electron chi connectivity index (χ4n) is 1.21. The van der Waals surface area contributed by atoms with Gasteiger partial charge in [-0.1, -0.05) is 36.3 Å². The van der Waals surface area contributed by atoms with E-state index < -0.39 is 0 Å². The monoisotopic (exact) mass is 189 g/mol. The van der Waals surface area contributed by atoms with E-state index >= 15 is 0 Å². The molecule has 0 saturated heterocycles. The summed E-state index contributed by atoms with van der Waals surface area (Å²) in [7, 11) is 0. The lowest BCUT2D eigenvalue weighted by Gasteiger charge is -2.01. The minimum absolute atomic E-state index is 0.0236. The van der Waals surface area contributed by atoms with Crippen molar-refractivity contribution in [3.63, 3.8) is 0 Å². The predicted molar refractivity (Wildman–Crippen MR) is 54.5 cm³/mol. The molecule has 0 N–H and O–H groups in total. The first-order valence-corrected chi connectivity index (χ1v) is 4.47. The Bertz CT molecular complexity index is 381. The fraction of sp³-hybridized carbons (Fsp3) is 0.300. The van der Waals surface area contributed by atoms with E-state index in [-0.39, 0.29) is 5.78 Å². The number of hydrogen-bond acceptors (Lipinski definition) is 2. The van der Waals surface area contributed by atoms with Gasteiger partial charge in [0.05, 0.1) is 0 Å². The minimum Gasteiger partial charge on any atom is -0.294 e. The van der Waals surface area contributed by atoms with Crippen molar-refractivity contribution < 1.29 is 4.79 Å². The minimum atomic E-state index is 0.0236. The number of Topliss-reactive ketones (excluding diaryl/α,β-unsaturated/α-hetero) is 1. The predicted octanol–water partition coefficient (Wildman–Crippen LogP) is 3.61. The van der Waals surface area contributed by atoms with Crippen LogP contribution in [0.5, 0.6) is 0 Å². The van der Waals surface area contributed by atoms with Gasteiger partial charge in [-0.3, -0.25) is 4.79 Å². The van der Waals surface area contributed by atoms with Crippen LogP contribution in [0, 0.1) is 0 Å². The third-order valence-corrected chi connectivity index (χ3v) is 1.83. The zero-order valence-electron chi connectivity index (χ0n) is 7.97. The normalized spacial score (nSPS) is 9.21.